The van der Waals surface area contributed by atoms with Gasteiger partial charge in [-0.15, -0.1) is 12.3 Å². The number of para-hydroxylation sites is 1. The topological polar surface area (TPSA) is 3.24 Å². The number of fused-ring (bicyclic) bond motifs is 1. The minimum atomic E-state index is 0.888. The number of rotatable bonds is 3. The van der Waals surface area contributed by atoms with Crippen LogP contribution >= 0.6 is 0 Å². The first-order valence-corrected chi connectivity index (χ1v) is 6.18. The molecule has 84 valence electrons. The van der Waals surface area contributed by atoms with Crippen molar-refractivity contribution in [3.05, 3.63) is 29.8 Å². The number of unbranched alkanes of at least 4 members (excludes halogenated alkanes) is 1. The average Bonchev–Trinajstić information content (AvgIpc) is 2.52. The Bertz CT molecular complexity index is 375. The minimum Gasteiger partial charge on any atom is -0.371 e. The van der Waals surface area contributed by atoms with Crippen LogP contribution in [0.25, 0.3) is 0 Å². The van der Waals surface area contributed by atoms with E-state index in [1.54, 1.807) is 0 Å². The zero-order valence-corrected chi connectivity index (χ0v) is 9.78. The lowest BCUT2D eigenvalue weighted by atomic mass is 10.1. The Balaban J connectivity index is 2.10. The van der Waals surface area contributed by atoms with Crippen LogP contribution in [-0.2, 0) is 6.42 Å². The fraction of sp³-hybridized carbons (Fsp3) is 0.467. The molecule has 1 heterocycles. The van der Waals surface area contributed by atoms with Crippen molar-refractivity contribution in [3.63, 3.8) is 0 Å². The summed E-state index contributed by atoms with van der Waals surface area (Å²) in [7, 11) is 0. The predicted octanol–water partition coefficient (Wildman–Crippen LogP) is 3.24. The van der Waals surface area contributed by atoms with E-state index in [1.807, 2.05) is 0 Å². The van der Waals surface area contributed by atoms with Crippen molar-refractivity contribution in [3.8, 4) is 12.3 Å². The summed E-state index contributed by atoms with van der Waals surface area (Å²) in [6.07, 6.45) is 11.1. The maximum atomic E-state index is 5.30. The molecule has 0 aliphatic carbocycles. The Kier molecular flexibility index (Phi) is 3.88. The molecule has 0 spiro atoms. The van der Waals surface area contributed by atoms with Crippen LogP contribution in [0.15, 0.2) is 24.3 Å². The highest BCUT2D eigenvalue weighted by molar-refractivity contribution is 5.54. The molecule has 1 aliphatic heterocycles. The maximum absolute atomic E-state index is 5.30. The van der Waals surface area contributed by atoms with Crippen molar-refractivity contribution in [1.82, 2.24) is 0 Å². The van der Waals surface area contributed by atoms with Crippen LogP contribution < -0.4 is 4.90 Å². The number of nitrogens with zero attached hydrogens (tertiary/aromatic N) is 1. The molecule has 0 N–H and O–H groups in total. The highest BCUT2D eigenvalue weighted by atomic mass is 15.1. The Morgan fingerprint density at radius 2 is 2.12 bits per heavy atom. The van der Waals surface area contributed by atoms with Gasteiger partial charge in [0.15, 0.2) is 0 Å². The third-order valence-electron chi connectivity index (χ3n) is 3.21. The first kappa shape index (κ1) is 11.1. The van der Waals surface area contributed by atoms with Gasteiger partial charge in [0, 0.05) is 25.2 Å². The molecule has 1 heteroatoms. The number of anilines is 1. The summed E-state index contributed by atoms with van der Waals surface area (Å²) in [5, 5.41) is 0. The van der Waals surface area contributed by atoms with Crippen LogP contribution in [0, 0.1) is 12.3 Å². The number of benzene rings is 1. The van der Waals surface area contributed by atoms with Crippen LogP contribution in [0.5, 0.6) is 0 Å². The molecule has 1 aliphatic rings. The van der Waals surface area contributed by atoms with Crippen LogP contribution in [0.2, 0.25) is 0 Å². The van der Waals surface area contributed by atoms with Crippen molar-refractivity contribution >= 4 is 5.69 Å². The SMILES string of the molecule is C#CCCCN1CCCCc2ccccc21. The lowest BCUT2D eigenvalue weighted by molar-refractivity contribution is 0.695. The molecule has 1 nitrogen and oxygen atoms in total. The van der Waals surface area contributed by atoms with E-state index >= 15 is 0 Å². The second-order valence-electron chi connectivity index (χ2n) is 4.38. The van der Waals surface area contributed by atoms with Crippen LogP contribution in [0.1, 0.15) is 31.2 Å². The Labute approximate surface area is 98.5 Å². The first-order valence-electron chi connectivity index (χ1n) is 6.18. The van der Waals surface area contributed by atoms with Gasteiger partial charge in [-0.05, 0) is 37.3 Å². The Hall–Kier alpha value is -1.42. The van der Waals surface area contributed by atoms with E-state index in [2.05, 4.69) is 35.1 Å². The molecule has 0 radical (unpaired) electrons. The summed E-state index contributed by atoms with van der Waals surface area (Å²) in [6.45, 7) is 2.28. The predicted molar refractivity (Wildman–Crippen MR) is 69.7 cm³/mol. The number of hydrogen-bond acceptors (Lipinski definition) is 1. The van der Waals surface area contributed by atoms with Crippen LogP contribution in [0.3, 0.4) is 0 Å². The smallest absolute Gasteiger partial charge is 0.0398 e. The summed E-state index contributed by atoms with van der Waals surface area (Å²) >= 11 is 0. The lowest BCUT2D eigenvalue weighted by Gasteiger charge is -2.24. The third kappa shape index (κ3) is 2.58. The number of terminal acetylenes is 1. The summed E-state index contributed by atoms with van der Waals surface area (Å²) in [6, 6.07) is 8.79. The average molecular weight is 213 g/mol. The van der Waals surface area contributed by atoms with E-state index in [9.17, 15) is 0 Å². The quantitative estimate of drug-likeness (QED) is 0.550. The van der Waals surface area contributed by atoms with E-state index in [1.165, 1.54) is 37.1 Å². The number of hydrogen-bond donors (Lipinski definition) is 0. The largest absolute Gasteiger partial charge is 0.371 e. The second-order valence-corrected chi connectivity index (χ2v) is 4.38. The molecular formula is C15H19N. The van der Waals surface area contributed by atoms with Gasteiger partial charge >= 0.3 is 0 Å². The molecule has 0 saturated carbocycles. The van der Waals surface area contributed by atoms with Gasteiger partial charge in [-0.2, -0.15) is 0 Å². The zero-order chi connectivity index (χ0) is 11.2. The van der Waals surface area contributed by atoms with Gasteiger partial charge in [-0.1, -0.05) is 18.2 Å². The van der Waals surface area contributed by atoms with Gasteiger partial charge in [0.25, 0.3) is 0 Å². The van der Waals surface area contributed by atoms with E-state index in [4.69, 9.17) is 6.42 Å². The Morgan fingerprint density at radius 1 is 1.25 bits per heavy atom. The van der Waals surface area contributed by atoms with Gasteiger partial charge < -0.3 is 4.90 Å². The lowest BCUT2D eigenvalue weighted by Crippen LogP contribution is -2.25. The maximum Gasteiger partial charge on any atom is 0.0398 e. The number of aryl methyl sites for hydroxylation is 1. The summed E-state index contributed by atoms with van der Waals surface area (Å²) in [5.41, 5.74) is 2.93. The fourth-order valence-corrected chi connectivity index (χ4v) is 2.37. The van der Waals surface area contributed by atoms with Gasteiger partial charge in [0.05, 0.1) is 0 Å². The molecule has 0 fully saturated rings. The molecule has 0 bridgehead atoms. The summed E-state index contributed by atoms with van der Waals surface area (Å²) < 4.78 is 0. The highest BCUT2D eigenvalue weighted by Crippen LogP contribution is 2.26. The molecule has 2 rings (SSSR count). The van der Waals surface area contributed by atoms with Gasteiger partial charge in [-0.25, -0.2) is 0 Å². The minimum absolute atomic E-state index is 0.888. The van der Waals surface area contributed by atoms with Crippen molar-refractivity contribution in [1.29, 1.82) is 0 Å². The first-order chi connectivity index (χ1) is 7.92. The molecule has 0 atom stereocenters. The molecule has 1 aromatic carbocycles. The van der Waals surface area contributed by atoms with E-state index in [-0.39, 0.29) is 0 Å². The Morgan fingerprint density at radius 3 is 3.00 bits per heavy atom. The van der Waals surface area contributed by atoms with Crippen molar-refractivity contribution in [2.45, 2.75) is 32.1 Å². The zero-order valence-electron chi connectivity index (χ0n) is 9.78. The van der Waals surface area contributed by atoms with Crippen LogP contribution in [-0.4, -0.2) is 13.1 Å². The van der Waals surface area contributed by atoms with E-state index in [0.29, 0.717) is 0 Å². The molecule has 1 aromatic rings. The monoisotopic (exact) mass is 213 g/mol. The normalized spacial score (nSPS) is 15.1. The fourth-order valence-electron chi connectivity index (χ4n) is 2.37. The van der Waals surface area contributed by atoms with Gasteiger partial charge in [0.2, 0.25) is 0 Å². The standard InChI is InChI=1S/C15H19N/c1-2-3-7-12-16-13-8-6-10-14-9-4-5-11-15(14)16/h1,4-5,9,11H,3,6-8,10,12-13H2. The van der Waals surface area contributed by atoms with Crippen molar-refractivity contribution < 1.29 is 0 Å². The highest BCUT2D eigenvalue weighted by Gasteiger charge is 2.13. The van der Waals surface area contributed by atoms with Gasteiger partial charge in [0.1, 0.15) is 0 Å². The molecular weight excluding hydrogens is 194 g/mol. The van der Waals surface area contributed by atoms with Crippen molar-refractivity contribution in [2.24, 2.45) is 0 Å². The molecule has 0 aromatic heterocycles. The molecule has 0 unspecified atom stereocenters. The van der Waals surface area contributed by atoms with E-state index < -0.39 is 0 Å². The molecule has 0 saturated heterocycles. The van der Waals surface area contributed by atoms with Crippen molar-refractivity contribution in [2.75, 3.05) is 18.0 Å². The summed E-state index contributed by atoms with van der Waals surface area (Å²) in [4.78, 5) is 2.50. The van der Waals surface area contributed by atoms with E-state index in [0.717, 1.165) is 19.4 Å². The second kappa shape index (κ2) is 5.61. The van der Waals surface area contributed by atoms with Crippen LogP contribution in [0.4, 0.5) is 5.69 Å². The van der Waals surface area contributed by atoms with Gasteiger partial charge in [-0.3, -0.25) is 0 Å². The third-order valence-corrected chi connectivity index (χ3v) is 3.21. The molecule has 16 heavy (non-hydrogen) atoms. The molecule has 0 amide bonds. The summed E-state index contributed by atoms with van der Waals surface area (Å²) in [5.74, 6) is 2.72.